The average Bonchev–Trinajstić information content (AvgIpc) is 2.30. The largest absolute Gasteiger partial charge is 0.268 e. The lowest BCUT2D eigenvalue weighted by molar-refractivity contribution is 1.15. The minimum absolute atomic E-state index is 1.05. The van der Waals surface area contributed by atoms with Gasteiger partial charge >= 0.3 is 0 Å². The molecule has 0 fully saturated rings. The number of hydrogen-bond donors (Lipinski definition) is 0. The van der Waals surface area contributed by atoms with Crippen LogP contribution in [0.15, 0.2) is 24.3 Å². The summed E-state index contributed by atoms with van der Waals surface area (Å²) in [4.78, 5) is 4.37. The third-order valence-corrected chi connectivity index (χ3v) is 2.88. The van der Waals surface area contributed by atoms with Crippen LogP contribution in [0.25, 0.3) is 11.0 Å². The monoisotopic (exact) mass is 258 g/mol. The van der Waals surface area contributed by atoms with Gasteiger partial charge in [0.05, 0.1) is 33.9 Å². The van der Waals surface area contributed by atoms with Gasteiger partial charge < -0.3 is 0 Å². The molecule has 0 amide bonds. The van der Waals surface area contributed by atoms with Gasteiger partial charge in [0.25, 0.3) is 0 Å². The predicted octanol–water partition coefficient (Wildman–Crippen LogP) is 2.54. The minimum atomic E-state index is 1.05. The fourth-order valence-electron chi connectivity index (χ4n) is 1.12. The summed E-state index contributed by atoms with van der Waals surface area (Å²) in [6.07, 6.45) is 0. The molecule has 11 heavy (non-hydrogen) atoms. The minimum Gasteiger partial charge on any atom is -0.268 e. The van der Waals surface area contributed by atoms with E-state index in [4.69, 9.17) is 0 Å². The molecule has 0 spiro atoms. The highest BCUT2D eigenvalue weighted by Gasteiger charge is 2.01. The van der Waals surface area contributed by atoms with Gasteiger partial charge in [-0.3, -0.25) is 2.78 Å². The summed E-state index contributed by atoms with van der Waals surface area (Å²) in [6, 6.07) is 8.13. The fourth-order valence-corrected chi connectivity index (χ4v) is 1.63. The van der Waals surface area contributed by atoms with Crippen LogP contribution in [0.1, 0.15) is 5.82 Å². The summed E-state index contributed by atoms with van der Waals surface area (Å²) in [6.45, 7) is 2.01. The van der Waals surface area contributed by atoms with Crippen molar-refractivity contribution in [2.75, 3.05) is 0 Å². The van der Waals surface area contributed by atoms with Crippen LogP contribution in [-0.4, -0.2) is 7.76 Å². The van der Waals surface area contributed by atoms with Crippen LogP contribution < -0.4 is 0 Å². The molecule has 0 aliphatic heterocycles. The Morgan fingerprint density at radius 3 is 2.82 bits per heavy atom. The predicted molar refractivity (Wildman–Crippen MR) is 53.9 cm³/mol. The molecule has 0 saturated heterocycles. The van der Waals surface area contributed by atoms with Crippen LogP contribution in [-0.2, 0) is 0 Å². The van der Waals surface area contributed by atoms with Crippen molar-refractivity contribution in [3.8, 4) is 0 Å². The topological polar surface area (TPSA) is 17.8 Å². The maximum atomic E-state index is 4.37. The first-order valence-electron chi connectivity index (χ1n) is 3.39. The number of para-hydroxylation sites is 2. The number of benzene rings is 1. The Hall–Kier alpha value is -0.580. The van der Waals surface area contributed by atoms with Gasteiger partial charge in [-0.2, -0.15) is 0 Å². The van der Waals surface area contributed by atoms with Crippen LogP contribution in [0.5, 0.6) is 0 Å². The van der Waals surface area contributed by atoms with Gasteiger partial charge in [-0.25, -0.2) is 4.98 Å². The third-order valence-electron chi connectivity index (χ3n) is 1.66. The van der Waals surface area contributed by atoms with Crippen molar-refractivity contribution in [3.63, 3.8) is 0 Å². The number of halogens is 1. The first-order valence-corrected chi connectivity index (χ1v) is 4.36. The smallest absolute Gasteiger partial charge is 0.115 e. The number of fused-ring (bicyclic) bond motifs is 1. The van der Waals surface area contributed by atoms with Crippen LogP contribution in [0.3, 0.4) is 0 Å². The number of aryl methyl sites for hydroxylation is 1. The van der Waals surface area contributed by atoms with E-state index in [1.807, 2.05) is 25.1 Å². The van der Waals surface area contributed by atoms with Crippen molar-refractivity contribution in [1.29, 1.82) is 0 Å². The second-order valence-electron chi connectivity index (χ2n) is 2.43. The van der Waals surface area contributed by atoms with Crippen molar-refractivity contribution >= 4 is 33.9 Å². The summed E-state index contributed by atoms with van der Waals surface area (Å²) < 4.78 is 2.06. The van der Waals surface area contributed by atoms with Crippen molar-refractivity contribution in [3.05, 3.63) is 30.1 Å². The van der Waals surface area contributed by atoms with Crippen molar-refractivity contribution in [2.24, 2.45) is 0 Å². The zero-order chi connectivity index (χ0) is 7.84. The normalized spacial score (nSPS) is 10.7. The van der Waals surface area contributed by atoms with E-state index in [0.29, 0.717) is 0 Å². The molecule has 0 N–H and O–H groups in total. The van der Waals surface area contributed by atoms with E-state index >= 15 is 0 Å². The van der Waals surface area contributed by atoms with Gasteiger partial charge in [0.1, 0.15) is 5.82 Å². The SMILES string of the molecule is Cc1nc2ccccc2n1I. The Labute approximate surface area is 78.7 Å². The van der Waals surface area contributed by atoms with Crippen LogP contribution in [0.2, 0.25) is 0 Å². The van der Waals surface area contributed by atoms with E-state index < -0.39 is 0 Å². The average molecular weight is 258 g/mol. The quantitative estimate of drug-likeness (QED) is 0.664. The zero-order valence-electron chi connectivity index (χ0n) is 6.08. The lowest BCUT2D eigenvalue weighted by Gasteiger charge is -1.90. The van der Waals surface area contributed by atoms with Crippen LogP contribution in [0.4, 0.5) is 0 Å². The molecule has 56 valence electrons. The van der Waals surface area contributed by atoms with E-state index in [9.17, 15) is 0 Å². The standard InChI is InChI=1S/C8H7IN2/c1-6-10-7-4-2-3-5-8(7)11(6)9/h2-5H,1H3. The van der Waals surface area contributed by atoms with Gasteiger partial charge in [0.15, 0.2) is 0 Å². The van der Waals surface area contributed by atoms with Gasteiger partial charge in [-0.05, 0) is 19.1 Å². The van der Waals surface area contributed by atoms with Crippen molar-refractivity contribution in [2.45, 2.75) is 6.92 Å². The summed E-state index contributed by atoms with van der Waals surface area (Å²) >= 11 is 2.25. The second kappa shape index (κ2) is 2.48. The van der Waals surface area contributed by atoms with Crippen LogP contribution in [0, 0.1) is 6.92 Å². The van der Waals surface area contributed by atoms with E-state index in [2.05, 4.69) is 36.7 Å². The second-order valence-corrected chi connectivity index (χ2v) is 3.39. The molecule has 0 radical (unpaired) electrons. The molecule has 2 aromatic rings. The molecule has 3 heteroatoms. The number of imidazole rings is 1. The molecule has 0 bridgehead atoms. The summed E-state index contributed by atoms with van der Waals surface area (Å²) in [7, 11) is 0. The maximum absolute atomic E-state index is 4.37. The molecular weight excluding hydrogens is 251 g/mol. The Morgan fingerprint density at radius 1 is 1.36 bits per heavy atom. The molecule has 0 aliphatic carbocycles. The van der Waals surface area contributed by atoms with Crippen LogP contribution >= 0.6 is 22.9 Å². The Kier molecular flexibility index (Phi) is 1.60. The molecule has 0 atom stereocenters. The highest BCUT2D eigenvalue weighted by atomic mass is 127. The van der Waals surface area contributed by atoms with Gasteiger partial charge in [0.2, 0.25) is 0 Å². The molecular formula is C8H7IN2. The van der Waals surface area contributed by atoms with Gasteiger partial charge in [-0.1, -0.05) is 12.1 Å². The lowest BCUT2D eigenvalue weighted by Crippen LogP contribution is -1.80. The van der Waals surface area contributed by atoms with Gasteiger partial charge in [0, 0.05) is 0 Å². The molecule has 0 unspecified atom stereocenters. The van der Waals surface area contributed by atoms with E-state index in [1.165, 1.54) is 5.52 Å². The van der Waals surface area contributed by atoms with E-state index in [-0.39, 0.29) is 0 Å². The third kappa shape index (κ3) is 1.03. The van der Waals surface area contributed by atoms with E-state index in [1.54, 1.807) is 0 Å². The number of rotatable bonds is 0. The fraction of sp³-hybridized carbons (Fsp3) is 0.125. The molecule has 1 aromatic heterocycles. The highest BCUT2D eigenvalue weighted by Crippen LogP contribution is 2.17. The molecule has 1 heterocycles. The Balaban J connectivity index is 2.92. The van der Waals surface area contributed by atoms with Crippen molar-refractivity contribution in [1.82, 2.24) is 7.76 Å². The summed E-state index contributed by atoms with van der Waals surface area (Å²) in [5.41, 5.74) is 2.25. The maximum Gasteiger partial charge on any atom is 0.115 e. The lowest BCUT2D eigenvalue weighted by atomic mass is 10.3. The molecule has 2 nitrogen and oxygen atoms in total. The first-order chi connectivity index (χ1) is 5.29. The number of nitrogens with zero attached hydrogens (tertiary/aromatic N) is 2. The first kappa shape index (κ1) is 7.09. The molecule has 0 saturated carbocycles. The van der Waals surface area contributed by atoms with Gasteiger partial charge in [-0.15, -0.1) is 0 Å². The summed E-state index contributed by atoms with van der Waals surface area (Å²) in [5, 5.41) is 0. The Bertz CT molecular complexity index is 392. The zero-order valence-corrected chi connectivity index (χ0v) is 8.24. The molecule has 1 aromatic carbocycles. The number of hydrogen-bond acceptors (Lipinski definition) is 1. The van der Waals surface area contributed by atoms with E-state index in [0.717, 1.165) is 11.3 Å². The Morgan fingerprint density at radius 2 is 2.09 bits per heavy atom. The molecule has 2 rings (SSSR count). The summed E-state index contributed by atoms with van der Waals surface area (Å²) in [5.74, 6) is 1.05. The highest BCUT2D eigenvalue weighted by molar-refractivity contribution is 14.1. The number of aromatic nitrogens is 2. The molecule has 0 aliphatic rings. The van der Waals surface area contributed by atoms with Crippen molar-refractivity contribution < 1.29 is 0 Å².